The molecule has 0 bridgehead atoms. The number of halogens is 4. The van der Waals surface area contributed by atoms with Crippen LogP contribution in [-0.4, -0.2) is 21.8 Å². The van der Waals surface area contributed by atoms with Gasteiger partial charge >= 0.3 is 6.11 Å². The van der Waals surface area contributed by atoms with E-state index in [0.717, 1.165) is 24.2 Å². The van der Waals surface area contributed by atoms with Crippen LogP contribution < -0.4 is 4.74 Å². The Labute approximate surface area is 146 Å². The van der Waals surface area contributed by atoms with Crippen molar-refractivity contribution in [3.63, 3.8) is 0 Å². The first kappa shape index (κ1) is 17.2. The molecule has 1 aromatic heterocycles. The first-order valence-electron chi connectivity index (χ1n) is 7.24. The number of ether oxygens (including phenoxy) is 1. The molecule has 1 atom stereocenters. The minimum atomic E-state index is -4.11. The number of hydrogen-bond acceptors (Lipinski definition) is 4. The van der Waals surface area contributed by atoms with Gasteiger partial charge in [-0.05, 0) is 49.1 Å². The van der Waals surface area contributed by atoms with E-state index in [2.05, 4.69) is 9.89 Å². The van der Waals surface area contributed by atoms with Crippen LogP contribution in [0.1, 0.15) is 41.2 Å². The molecule has 1 heterocycles. The average molecular weight is 376 g/mol. The summed E-state index contributed by atoms with van der Waals surface area (Å²) in [4.78, 5) is 0.523. The number of hydrogen-bond donors (Lipinski definition) is 0. The Kier molecular flexibility index (Phi) is 4.57. The van der Waals surface area contributed by atoms with Gasteiger partial charge in [0.2, 0.25) is 0 Å². The second kappa shape index (κ2) is 6.37. The van der Waals surface area contributed by atoms with Crippen molar-refractivity contribution in [1.29, 1.82) is 0 Å². The van der Waals surface area contributed by atoms with Crippen LogP contribution in [0.25, 0.3) is 0 Å². The van der Waals surface area contributed by atoms with E-state index in [1.807, 2.05) is 0 Å². The van der Waals surface area contributed by atoms with Crippen molar-refractivity contribution >= 4 is 28.7 Å². The fourth-order valence-electron chi connectivity index (χ4n) is 2.36. The van der Waals surface area contributed by atoms with E-state index < -0.39 is 11.7 Å². The highest BCUT2D eigenvalue weighted by atomic mass is 35.5. The lowest BCUT2D eigenvalue weighted by Gasteiger charge is -2.18. The standard InChI is InChI=1S/C16H13ClF3NO2S/c1-8-6-10(22-16(19,20)15(17)18)4-5-11(8)14(24)12-7-21-23-13(12)9-2-3-9/h4-7,9,15H,2-3H2,1H3. The van der Waals surface area contributed by atoms with E-state index in [0.29, 0.717) is 21.9 Å². The van der Waals surface area contributed by atoms with Gasteiger partial charge in [-0.2, -0.15) is 8.78 Å². The monoisotopic (exact) mass is 375 g/mol. The summed E-state index contributed by atoms with van der Waals surface area (Å²) in [5.41, 5.74) is -0.912. The van der Waals surface area contributed by atoms with Crippen molar-refractivity contribution in [1.82, 2.24) is 5.16 Å². The maximum atomic E-state index is 13.2. The Morgan fingerprint density at radius 3 is 2.71 bits per heavy atom. The Morgan fingerprint density at radius 2 is 2.12 bits per heavy atom. The first-order chi connectivity index (χ1) is 11.3. The summed E-state index contributed by atoms with van der Waals surface area (Å²) in [5, 5.41) is 3.80. The van der Waals surface area contributed by atoms with E-state index in [1.54, 1.807) is 19.2 Å². The summed E-state index contributed by atoms with van der Waals surface area (Å²) in [6.45, 7) is 1.70. The van der Waals surface area contributed by atoms with E-state index >= 15 is 0 Å². The zero-order chi connectivity index (χ0) is 17.5. The summed E-state index contributed by atoms with van der Waals surface area (Å²) < 4.78 is 48.7. The largest absolute Gasteiger partial charge is 0.444 e. The average Bonchev–Trinajstić information content (AvgIpc) is 3.23. The lowest BCUT2D eigenvalue weighted by atomic mass is 9.99. The van der Waals surface area contributed by atoms with Crippen LogP contribution in [0.4, 0.5) is 13.2 Å². The van der Waals surface area contributed by atoms with Gasteiger partial charge in [0.25, 0.3) is 5.63 Å². The molecular formula is C16H13ClF3NO2S. The Hall–Kier alpha value is -1.60. The summed E-state index contributed by atoms with van der Waals surface area (Å²) in [5.74, 6) is 0.904. The van der Waals surface area contributed by atoms with Gasteiger partial charge in [0.1, 0.15) is 11.5 Å². The molecule has 0 spiro atoms. The molecule has 8 heteroatoms. The van der Waals surface area contributed by atoms with Crippen molar-refractivity contribution in [2.24, 2.45) is 0 Å². The Morgan fingerprint density at radius 1 is 1.42 bits per heavy atom. The van der Waals surface area contributed by atoms with Crippen LogP contribution in [0.5, 0.6) is 5.75 Å². The molecule has 0 N–H and O–H groups in total. The molecule has 0 amide bonds. The molecule has 1 aliphatic rings. The number of nitrogens with zero attached hydrogens (tertiary/aromatic N) is 1. The molecule has 1 aliphatic carbocycles. The molecule has 1 aromatic carbocycles. The maximum absolute atomic E-state index is 13.2. The van der Waals surface area contributed by atoms with Crippen molar-refractivity contribution in [3.05, 3.63) is 46.8 Å². The van der Waals surface area contributed by atoms with Crippen LogP contribution in [-0.2, 0) is 0 Å². The molecule has 1 saturated carbocycles. The van der Waals surface area contributed by atoms with Crippen molar-refractivity contribution in [3.8, 4) is 5.75 Å². The van der Waals surface area contributed by atoms with Crippen LogP contribution in [0.3, 0.4) is 0 Å². The molecule has 0 aliphatic heterocycles. The maximum Gasteiger partial charge on any atom is 0.444 e. The highest BCUT2D eigenvalue weighted by molar-refractivity contribution is 7.81. The SMILES string of the molecule is Cc1cc(OC(F)(F)C(F)Cl)ccc1C(=S)c1cnoc1C1CC1. The molecule has 128 valence electrons. The van der Waals surface area contributed by atoms with Crippen LogP contribution in [0.15, 0.2) is 28.9 Å². The van der Waals surface area contributed by atoms with Crippen molar-refractivity contribution < 1.29 is 22.4 Å². The zero-order valence-corrected chi connectivity index (χ0v) is 14.1. The third kappa shape index (κ3) is 3.42. The molecule has 1 unspecified atom stereocenters. The summed E-state index contributed by atoms with van der Waals surface area (Å²) in [6.07, 6.45) is -0.470. The van der Waals surface area contributed by atoms with Crippen LogP contribution >= 0.6 is 23.8 Å². The molecule has 0 radical (unpaired) electrons. The smallest absolute Gasteiger partial charge is 0.429 e. The number of aryl methyl sites for hydroxylation is 1. The fraction of sp³-hybridized carbons (Fsp3) is 0.375. The molecule has 24 heavy (non-hydrogen) atoms. The minimum absolute atomic E-state index is 0.194. The summed E-state index contributed by atoms with van der Waals surface area (Å²) in [7, 11) is 0. The van der Waals surface area contributed by atoms with Gasteiger partial charge in [-0.3, -0.25) is 0 Å². The normalized spacial score (nSPS) is 16.0. The van der Waals surface area contributed by atoms with Crippen LogP contribution in [0, 0.1) is 6.92 Å². The molecule has 2 aromatic rings. The summed E-state index contributed by atoms with van der Waals surface area (Å²) >= 11 is 10.3. The second-order valence-electron chi connectivity index (χ2n) is 5.65. The van der Waals surface area contributed by atoms with Crippen molar-refractivity contribution in [2.75, 3.05) is 0 Å². The lowest BCUT2D eigenvalue weighted by molar-refractivity contribution is -0.199. The number of thiocarbonyl (C=S) groups is 1. The van der Waals surface area contributed by atoms with Gasteiger partial charge in [0.05, 0.1) is 16.6 Å². The van der Waals surface area contributed by atoms with Gasteiger partial charge in [-0.1, -0.05) is 29.0 Å². The fourth-order valence-corrected chi connectivity index (χ4v) is 2.79. The third-order valence-electron chi connectivity index (χ3n) is 3.74. The third-order valence-corrected chi connectivity index (χ3v) is 4.44. The van der Waals surface area contributed by atoms with Gasteiger partial charge in [-0.25, -0.2) is 4.39 Å². The van der Waals surface area contributed by atoms with E-state index in [4.69, 9.17) is 28.3 Å². The molecular weight excluding hydrogens is 363 g/mol. The molecule has 3 rings (SSSR count). The molecule has 3 nitrogen and oxygen atoms in total. The highest BCUT2D eigenvalue weighted by Crippen LogP contribution is 2.42. The summed E-state index contributed by atoms with van der Waals surface area (Å²) in [6, 6.07) is 4.21. The first-order valence-corrected chi connectivity index (χ1v) is 8.09. The number of alkyl halides is 4. The van der Waals surface area contributed by atoms with Crippen molar-refractivity contribution in [2.45, 2.75) is 37.4 Å². The van der Waals surface area contributed by atoms with Gasteiger partial charge in [0, 0.05) is 5.92 Å². The quantitative estimate of drug-likeness (QED) is 0.398. The highest BCUT2D eigenvalue weighted by Gasteiger charge is 2.42. The second-order valence-corrected chi connectivity index (χ2v) is 6.44. The van der Waals surface area contributed by atoms with E-state index in [-0.39, 0.29) is 5.75 Å². The van der Waals surface area contributed by atoms with Crippen LogP contribution in [0.2, 0.25) is 0 Å². The molecule has 0 saturated heterocycles. The number of benzene rings is 1. The lowest BCUT2D eigenvalue weighted by Crippen LogP contribution is -2.32. The predicted octanol–water partition coefficient (Wildman–Crippen LogP) is 5.13. The van der Waals surface area contributed by atoms with Gasteiger partial charge < -0.3 is 9.26 Å². The predicted molar refractivity (Wildman–Crippen MR) is 86.8 cm³/mol. The zero-order valence-electron chi connectivity index (χ0n) is 12.6. The minimum Gasteiger partial charge on any atom is -0.429 e. The topological polar surface area (TPSA) is 35.3 Å². The Balaban J connectivity index is 1.84. The molecule has 1 fully saturated rings. The van der Waals surface area contributed by atoms with E-state index in [1.165, 1.54) is 12.1 Å². The van der Waals surface area contributed by atoms with Gasteiger partial charge in [-0.15, -0.1) is 0 Å². The number of aromatic nitrogens is 1. The number of rotatable bonds is 6. The van der Waals surface area contributed by atoms with Gasteiger partial charge in [0.15, 0.2) is 0 Å². The Bertz CT molecular complexity index is 774. The van der Waals surface area contributed by atoms with E-state index in [9.17, 15) is 13.2 Å².